The summed E-state index contributed by atoms with van der Waals surface area (Å²) in [6.45, 7) is 2.74. The number of piperidine rings is 1. The first kappa shape index (κ1) is 15.9. The summed E-state index contributed by atoms with van der Waals surface area (Å²) in [6, 6.07) is 6.05. The number of carbonyl (C=O) groups is 1. The summed E-state index contributed by atoms with van der Waals surface area (Å²) in [7, 11) is 0. The quantitative estimate of drug-likeness (QED) is 0.791. The van der Waals surface area contributed by atoms with Gasteiger partial charge in [0.2, 0.25) is 5.91 Å². The maximum atomic E-state index is 12.5. The molecule has 2 aromatic rings. The zero-order valence-electron chi connectivity index (χ0n) is 13.3. The Morgan fingerprint density at radius 3 is 3.29 bits per heavy atom. The van der Waals surface area contributed by atoms with Crippen LogP contribution < -0.4 is 10.6 Å². The van der Waals surface area contributed by atoms with Crippen LogP contribution in [0, 0.1) is 11.8 Å². The van der Waals surface area contributed by atoms with Crippen LogP contribution in [0.15, 0.2) is 18.2 Å². The van der Waals surface area contributed by atoms with Gasteiger partial charge in [0.1, 0.15) is 0 Å². The number of hydrogen-bond acceptors (Lipinski definition) is 4. The largest absolute Gasteiger partial charge is 0.381 e. The van der Waals surface area contributed by atoms with E-state index in [2.05, 4.69) is 20.8 Å². The van der Waals surface area contributed by atoms with Crippen LogP contribution in [0.5, 0.6) is 0 Å². The number of halogens is 1. The lowest BCUT2D eigenvalue weighted by Crippen LogP contribution is -2.53. The van der Waals surface area contributed by atoms with Gasteiger partial charge in [-0.05, 0) is 37.0 Å². The summed E-state index contributed by atoms with van der Waals surface area (Å²) in [5, 5.41) is 15.4. The van der Waals surface area contributed by atoms with E-state index >= 15 is 0 Å². The molecule has 0 spiro atoms. The number of fused-ring (bicyclic) bond motifs is 2. The van der Waals surface area contributed by atoms with Gasteiger partial charge in [0.15, 0.2) is 0 Å². The maximum absolute atomic E-state index is 12.5. The Balaban J connectivity index is 1.38. The SMILES string of the molecule is O=C(NCc1[nH]nc2ccc(Cl)cc12)C1CNC2CCOCC2C1. The molecule has 2 aliphatic rings. The number of H-pyrrole nitrogens is 1. The first-order chi connectivity index (χ1) is 11.7. The molecule has 1 amide bonds. The van der Waals surface area contributed by atoms with E-state index in [1.165, 1.54) is 0 Å². The maximum Gasteiger partial charge on any atom is 0.224 e. The molecule has 2 fully saturated rings. The number of amides is 1. The Morgan fingerprint density at radius 2 is 2.38 bits per heavy atom. The first-order valence-corrected chi connectivity index (χ1v) is 8.80. The van der Waals surface area contributed by atoms with Crippen molar-refractivity contribution in [2.45, 2.75) is 25.4 Å². The molecule has 0 aliphatic carbocycles. The van der Waals surface area contributed by atoms with Crippen molar-refractivity contribution in [2.24, 2.45) is 11.8 Å². The van der Waals surface area contributed by atoms with Gasteiger partial charge in [-0.1, -0.05) is 11.6 Å². The lowest BCUT2D eigenvalue weighted by atomic mass is 9.82. The van der Waals surface area contributed by atoms with Crippen molar-refractivity contribution in [1.29, 1.82) is 0 Å². The van der Waals surface area contributed by atoms with Gasteiger partial charge in [0, 0.05) is 29.6 Å². The number of aromatic amines is 1. The van der Waals surface area contributed by atoms with Crippen LogP contribution in [0.25, 0.3) is 10.9 Å². The average molecular weight is 349 g/mol. The van der Waals surface area contributed by atoms with Gasteiger partial charge in [0.25, 0.3) is 0 Å². The van der Waals surface area contributed by atoms with E-state index in [0.29, 0.717) is 23.5 Å². The second-order valence-corrected chi connectivity index (χ2v) is 7.09. The number of aromatic nitrogens is 2. The Hall–Kier alpha value is -1.63. The molecule has 0 saturated carbocycles. The molecule has 7 heteroatoms. The summed E-state index contributed by atoms with van der Waals surface area (Å²) >= 11 is 6.05. The number of hydrogen-bond donors (Lipinski definition) is 3. The molecule has 0 bridgehead atoms. The fraction of sp³-hybridized carbons (Fsp3) is 0.529. The molecule has 4 rings (SSSR count). The lowest BCUT2D eigenvalue weighted by molar-refractivity contribution is -0.127. The van der Waals surface area contributed by atoms with Gasteiger partial charge in [-0.3, -0.25) is 9.89 Å². The van der Waals surface area contributed by atoms with Gasteiger partial charge in [-0.2, -0.15) is 5.10 Å². The summed E-state index contributed by atoms with van der Waals surface area (Å²) in [5.41, 5.74) is 1.73. The Kier molecular flexibility index (Phi) is 4.43. The molecule has 3 N–H and O–H groups in total. The predicted octanol–water partition coefficient (Wildman–Crippen LogP) is 1.85. The standard InChI is InChI=1S/C17H21ClN4O2/c18-12-1-2-15-13(6-12)16(22-21-15)8-20-17(23)10-5-11-9-24-4-3-14(11)19-7-10/h1-2,6,10-11,14,19H,3-5,7-9H2,(H,20,23)(H,21,22). The normalized spacial score (nSPS) is 27.0. The smallest absolute Gasteiger partial charge is 0.224 e. The van der Waals surface area contributed by atoms with E-state index in [1.54, 1.807) is 0 Å². The van der Waals surface area contributed by atoms with Gasteiger partial charge < -0.3 is 15.4 Å². The number of benzene rings is 1. The second-order valence-electron chi connectivity index (χ2n) is 6.65. The zero-order valence-corrected chi connectivity index (χ0v) is 14.1. The van der Waals surface area contributed by atoms with Crippen LogP contribution in [-0.4, -0.2) is 41.9 Å². The van der Waals surface area contributed by atoms with Gasteiger partial charge in [-0.15, -0.1) is 0 Å². The zero-order chi connectivity index (χ0) is 16.5. The van der Waals surface area contributed by atoms with Crippen molar-refractivity contribution in [3.63, 3.8) is 0 Å². The third-order valence-corrected chi connectivity index (χ3v) is 5.33. The second kappa shape index (κ2) is 6.70. The molecule has 1 aromatic heterocycles. The third-order valence-electron chi connectivity index (χ3n) is 5.09. The molecule has 24 heavy (non-hydrogen) atoms. The molecule has 3 unspecified atom stereocenters. The number of carbonyl (C=O) groups excluding carboxylic acids is 1. The van der Waals surface area contributed by atoms with E-state index in [0.717, 1.165) is 49.2 Å². The molecule has 2 saturated heterocycles. The topological polar surface area (TPSA) is 79.0 Å². The highest BCUT2D eigenvalue weighted by Gasteiger charge is 2.35. The van der Waals surface area contributed by atoms with Crippen molar-refractivity contribution in [3.8, 4) is 0 Å². The van der Waals surface area contributed by atoms with Crippen molar-refractivity contribution in [1.82, 2.24) is 20.8 Å². The molecule has 0 radical (unpaired) electrons. The van der Waals surface area contributed by atoms with Crippen LogP contribution in [0.1, 0.15) is 18.5 Å². The highest BCUT2D eigenvalue weighted by atomic mass is 35.5. The van der Waals surface area contributed by atoms with Crippen molar-refractivity contribution < 1.29 is 9.53 Å². The minimum absolute atomic E-state index is 0.00859. The summed E-state index contributed by atoms with van der Waals surface area (Å²) in [5.74, 6) is 0.511. The fourth-order valence-corrected chi connectivity index (χ4v) is 3.90. The Labute approximate surface area is 145 Å². The summed E-state index contributed by atoms with van der Waals surface area (Å²) in [4.78, 5) is 12.5. The number of nitrogens with one attached hydrogen (secondary N) is 3. The van der Waals surface area contributed by atoms with Crippen LogP contribution in [0.2, 0.25) is 5.02 Å². The van der Waals surface area contributed by atoms with Crippen molar-refractivity contribution in [3.05, 3.63) is 28.9 Å². The fourth-order valence-electron chi connectivity index (χ4n) is 3.73. The summed E-state index contributed by atoms with van der Waals surface area (Å²) in [6.07, 6.45) is 1.93. The van der Waals surface area contributed by atoms with Gasteiger partial charge in [-0.25, -0.2) is 0 Å². The van der Waals surface area contributed by atoms with Crippen LogP contribution in [0.4, 0.5) is 0 Å². The van der Waals surface area contributed by atoms with Crippen molar-refractivity contribution >= 4 is 28.4 Å². The molecule has 1 aromatic carbocycles. The predicted molar refractivity (Wildman–Crippen MR) is 91.8 cm³/mol. The monoisotopic (exact) mass is 348 g/mol. The minimum Gasteiger partial charge on any atom is -0.381 e. The Bertz CT molecular complexity index is 747. The van der Waals surface area contributed by atoms with E-state index in [4.69, 9.17) is 16.3 Å². The molecule has 128 valence electrons. The first-order valence-electron chi connectivity index (χ1n) is 8.42. The molecule has 2 aliphatic heterocycles. The van der Waals surface area contributed by atoms with E-state index in [1.807, 2.05) is 18.2 Å². The lowest BCUT2D eigenvalue weighted by Gasteiger charge is -2.39. The van der Waals surface area contributed by atoms with E-state index in [-0.39, 0.29) is 11.8 Å². The summed E-state index contributed by atoms with van der Waals surface area (Å²) < 4.78 is 5.55. The molecule has 3 heterocycles. The average Bonchev–Trinajstić information content (AvgIpc) is 3.01. The van der Waals surface area contributed by atoms with E-state index < -0.39 is 0 Å². The number of nitrogens with zero attached hydrogens (tertiary/aromatic N) is 1. The van der Waals surface area contributed by atoms with Gasteiger partial charge >= 0.3 is 0 Å². The minimum atomic E-state index is -0.00859. The van der Waals surface area contributed by atoms with Crippen LogP contribution >= 0.6 is 11.6 Å². The molecular formula is C17H21ClN4O2. The number of rotatable bonds is 3. The highest BCUT2D eigenvalue weighted by molar-refractivity contribution is 6.31. The third kappa shape index (κ3) is 3.14. The molecular weight excluding hydrogens is 328 g/mol. The van der Waals surface area contributed by atoms with E-state index in [9.17, 15) is 4.79 Å². The van der Waals surface area contributed by atoms with Crippen LogP contribution in [0.3, 0.4) is 0 Å². The van der Waals surface area contributed by atoms with Crippen molar-refractivity contribution in [2.75, 3.05) is 19.8 Å². The van der Waals surface area contributed by atoms with Gasteiger partial charge in [0.05, 0.1) is 30.3 Å². The number of ether oxygens (including phenoxy) is 1. The molecule has 6 nitrogen and oxygen atoms in total. The Morgan fingerprint density at radius 1 is 1.46 bits per heavy atom. The molecule has 3 atom stereocenters. The van der Waals surface area contributed by atoms with Crippen LogP contribution in [-0.2, 0) is 16.1 Å². The highest BCUT2D eigenvalue weighted by Crippen LogP contribution is 2.27.